The van der Waals surface area contributed by atoms with E-state index in [1.165, 1.54) is 0 Å². The minimum Gasteiger partial charge on any atom is -0.478 e. The fraction of sp³-hybridized carbons (Fsp3) is 0.500. The molecule has 0 fully saturated rings. The molecule has 1 N–H and O–H groups in total. The molecular weight excluding hydrogens is 310 g/mol. The average Bonchev–Trinajstić information content (AvgIpc) is 2.38. The first-order valence-electron chi connectivity index (χ1n) is 6.29. The minimum atomic E-state index is -0.918. The molecule has 0 saturated heterocycles. The molecule has 0 bridgehead atoms. The average molecular weight is 330 g/mol. The van der Waals surface area contributed by atoms with Gasteiger partial charge in [-0.1, -0.05) is 22.9 Å². The molecular formula is C14H20BrNO3. The minimum absolute atomic E-state index is 0.287. The van der Waals surface area contributed by atoms with Crippen LogP contribution in [0.25, 0.3) is 0 Å². The standard InChI is InChI=1S/C14H20BrNO3/c1-4-10(2)16(5-6-19-3)13-8-11(14(17)18)7-12(15)9-13/h7-10H,4-6H2,1-3H3,(H,17,18). The Hall–Kier alpha value is -1.07. The second-order valence-corrected chi connectivity index (χ2v) is 5.36. The van der Waals surface area contributed by atoms with Crippen LogP contribution >= 0.6 is 15.9 Å². The van der Waals surface area contributed by atoms with Crippen molar-refractivity contribution in [3.05, 3.63) is 28.2 Å². The zero-order valence-electron chi connectivity index (χ0n) is 11.5. The number of benzene rings is 1. The topological polar surface area (TPSA) is 49.8 Å². The van der Waals surface area contributed by atoms with E-state index in [9.17, 15) is 4.79 Å². The largest absolute Gasteiger partial charge is 0.478 e. The Labute approximate surface area is 122 Å². The number of halogens is 1. The molecule has 1 aromatic carbocycles. The van der Waals surface area contributed by atoms with Crippen LogP contribution in [0.5, 0.6) is 0 Å². The Kier molecular flexibility index (Phi) is 6.31. The Morgan fingerprint density at radius 3 is 2.68 bits per heavy atom. The molecule has 4 nitrogen and oxygen atoms in total. The number of carbonyl (C=O) groups is 1. The summed E-state index contributed by atoms with van der Waals surface area (Å²) >= 11 is 3.37. The van der Waals surface area contributed by atoms with Gasteiger partial charge in [-0.15, -0.1) is 0 Å². The predicted octanol–water partition coefficient (Wildman–Crippen LogP) is 3.40. The number of carboxylic acids is 1. The van der Waals surface area contributed by atoms with Crippen LogP contribution < -0.4 is 4.90 Å². The SMILES string of the molecule is CCC(C)N(CCOC)c1cc(Br)cc(C(=O)O)c1. The molecule has 0 radical (unpaired) electrons. The Balaban J connectivity index is 3.10. The van der Waals surface area contributed by atoms with E-state index in [0.29, 0.717) is 12.6 Å². The van der Waals surface area contributed by atoms with Crippen molar-refractivity contribution in [2.24, 2.45) is 0 Å². The molecule has 19 heavy (non-hydrogen) atoms. The summed E-state index contributed by atoms with van der Waals surface area (Å²) in [6, 6.07) is 5.58. The van der Waals surface area contributed by atoms with Crippen LogP contribution in [0, 0.1) is 0 Å². The number of aromatic carboxylic acids is 1. The van der Waals surface area contributed by atoms with E-state index in [2.05, 4.69) is 34.7 Å². The second-order valence-electron chi connectivity index (χ2n) is 4.45. The maximum atomic E-state index is 11.1. The van der Waals surface area contributed by atoms with Crippen molar-refractivity contribution >= 4 is 27.6 Å². The highest BCUT2D eigenvalue weighted by atomic mass is 79.9. The van der Waals surface area contributed by atoms with Crippen molar-refractivity contribution in [1.29, 1.82) is 0 Å². The van der Waals surface area contributed by atoms with E-state index in [4.69, 9.17) is 9.84 Å². The number of anilines is 1. The van der Waals surface area contributed by atoms with E-state index in [0.717, 1.165) is 23.1 Å². The van der Waals surface area contributed by atoms with Gasteiger partial charge in [-0.05, 0) is 31.5 Å². The first kappa shape index (κ1) is 16.0. The molecule has 0 amide bonds. The van der Waals surface area contributed by atoms with Crippen LogP contribution in [0.4, 0.5) is 5.69 Å². The molecule has 1 atom stereocenters. The van der Waals surface area contributed by atoms with Gasteiger partial charge in [-0.25, -0.2) is 4.79 Å². The molecule has 1 aromatic rings. The first-order valence-corrected chi connectivity index (χ1v) is 7.08. The molecule has 0 saturated carbocycles. The highest BCUT2D eigenvalue weighted by Crippen LogP contribution is 2.25. The first-order chi connectivity index (χ1) is 8.99. The van der Waals surface area contributed by atoms with Gasteiger partial charge in [0, 0.05) is 29.9 Å². The third kappa shape index (κ3) is 4.51. The quantitative estimate of drug-likeness (QED) is 0.832. The molecule has 0 heterocycles. The number of carboxylic acid groups (broad SMARTS) is 1. The van der Waals surface area contributed by atoms with Gasteiger partial charge in [0.15, 0.2) is 0 Å². The van der Waals surface area contributed by atoms with Crippen molar-refractivity contribution in [3.63, 3.8) is 0 Å². The Bertz CT molecular complexity index is 437. The van der Waals surface area contributed by atoms with Gasteiger partial charge in [0.1, 0.15) is 0 Å². The lowest BCUT2D eigenvalue weighted by Gasteiger charge is -2.31. The monoisotopic (exact) mass is 329 g/mol. The summed E-state index contributed by atoms with van der Waals surface area (Å²) in [5, 5.41) is 9.12. The van der Waals surface area contributed by atoms with Gasteiger partial charge in [-0.2, -0.15) is 0 Å². The lowest BCUT2D eigenvalue weighted by Crippen LogP contribution is -2.35. The van der Waals surface area contributed by atoms with Crippen LogP contribution in [-0.4, -0.2) is 37.4 Å². The van der Waals surface area contributed by atoms with Gasteiger partial charge in [-0.3, -0.25) is 0 Å². The zero-order valence-corrected chi connectivity index (χ0v) is 13.1. The van der Waals surface area contributed by atoms with Crippen LogP contribution in [0.15, 0.2) is 22.7 Å². The molecule has 0 aliphatic rings. The van der Waals surface area contributed by atoms with E-state index >= 15 is 0 Å². The smallest absolute Gasteiger partial charge is 0.335 e. The molecule has 5 heteroatoms. The molecule has 0 spiro atoms. The summed E-state index contributed by atoms with van der Waals surface area (Å²) < 4.78 is 5.90. The zero-order chi connectivity index (χ0) is 14.4. The van der Waals surface area contributed by atoms with Crippen LogP contribution in [-0.2, 0) is 4.74 Å². The van der Waals surface area contributed by atoms with Crippen LogP contribution in [0.2, 0.25) is 0 Å². The van der Waals surface area contributed by atoms with Gasteiger partial charge >= 0.3 is 5.97 Å². The van der Waals surface area contributed by atoms with Gasteiger partial charge in [0.2, 0.25) is 0 Å². The molecule has 1 unspecified atom stereocenters. The van der Waals surface area contributed by atoms with Crippen LogP contribution in [0.3, 0.4) is 0 Å². The Morgan fingerprint density at radius 2 is 2.16 bits per heavy atom. The van der Waals surface area contributed by atoms with Gasteiger partial charge < -0.3 is 14.7 Å². The maximum Gasteiger partial charge on any atom is 0.335 e. The highest BCUT2D eigenvalue weighted by molar-refractivity contribution is 9.10. The summed E-state index contributed by atoms with van der Waals surface area (Å²) in [6.07, 6.45) is 0.985. The van der Waals surface area contributed by atoms with Crippen molar-refractivity contribution in [2.75, 3.05) is 25.2 Å². The summed E-state index contributed by atoms with van der Waals surface area (Å²) in [7, 11) is 1.67. The van der Waals surface area contributed by atoms with Crippen molar-refractivity contribution in [3.8, 4) is 0 Å². The van der Waals surface area contributed by atoms with Crippen molar-refractivity contribution in [2.45, 2.75) is 26.3 Å². The van der Waals surface area contributed by atoms with E-state index in [-0.39, 0.29) is 5.56 Å². The number of hydrogen-bond acceptors (Lipinski definition) is 3. The fourth-order valence-electron chi connectivity index (χ4n) is 1.88. The van der Waals surface area contributed by atoms with Gasteiger partial charge in [0.25, 0.3) is 0 Å². The third-order valence-corrected chi connectivity index (χ3v) is 3.58. The molecule has 0 aromatic heterocycles. The maximum absolute atomic E-state index is 11.1. The van der Waals surface area contributed by atoms with E-state index in [1.807, 2.05) is 6.07 Å². The molecule has 106 valence electrons. The van der Waals surface area contributed by atoms with Crippen LogP contribution in [0.1, 0.15) is 30.6 Å². The summed E-state index contributed by atoms with van der Waals surface area (Å²) in [5.74, 6) is -0.918. The highest BCUT2D eigenvalue weighted by Gasteiger charge is 2.15. The fourth-order valence-corrected chi connectivity index (χ4v) is 2.36. The van der Waals surface area contributed by atoms with Gasteiger partial charge in [0.05, 0.1) is 12.2 Å². The predicted molar refractivity (Wildman–Crippen MR) is 80.1 cm³/mol. The molecule has 1 rings (SSSR count). The van der Waals surface area contributed by atoms with E-state index in [1.54, 1.807) is 19.2 Å². The summed E-state index contributed by atoms with van der Waals surface area (Å²) in [6.45, 7) is 5.58. The lowest BCUT2D eigenvalue weighted by atomic mass is 10.1. The van der Waals surface area contributed by atoms with E-state index < -0.39 is 5.97 Å². The van der Waals surface area contributed by atoms with Crippen molar-refractivity contribution < 1.29 is 14.6 Å². The second kappa shape index (κ2) is 7.50. The number of nitrogens with zero attached hydrogens (tertiary/aromatic N) is 1. The lowest BCUT2D eigenvalue weighted by molar-refractivity contribution is 0.0697. The number of rotatable bonds is 7. The molecule has 0 aliphatic heterocycles. The third-order valence-electron chi connectivity index (χ3n) is 3.12. The normalized spacial score (nSPS) is 12.2. The summed E-state index contributed by atoms with van der Waals surface area (Å²) in [5.41, 5.74) is 1.19. The Morgan fingerprint density at radius 1 is 1.47 bits per heavy atom. The number of methoxy groups -OCH3 is 1. The number of hydrogen-bond donors (Lipinski definition) is 1. The number of ether oxygens (including phenoxy) is 1. The summed E-state index contributed by atoms with van der Waals surface area (Å²) in [4.78, 5) is 13.3. The van der Waals surface area contributed by atoms with Crippen molar-refractivity contribution in [1.82, 2.24) is 0 Å². The molecule has 0 aliphatic carbocycles.